The molecule has 5 heteroatoms. The molecule has 0 saturated heterocycles. The normalized spacial score (nSPS) is 11.4. The van der Waals surface area contributed by atoms with Gasteiger partial charge in [-0.05, 0) is 45.0 Å². The van der Waals surface area contributed by atoms with Crippen molar-refractivity contribution in [3.8, 4) is 5.75 Å². The molecule has 0 amide bonds. The first-order valence-electron chi connectivity index (χ1n) is 6.30. The Balaban J connectivity index is 2.58. The lowest BCUT2D eigenvalue weighted by atomic mass is 10.3. The molecule has 0 bridgehead atoms. The molecule has 1 atom stereocenters. The summed E-state index contributed by atoms with van der Waals surface area (Å²) >= 11 is 1.38. The van der Waals surface area contributed by atoms with Gasteiger partial charge in [-0.2, -0.15) is 0 Å². The number of benzene rings is 1. The third-order valence-corrected chi connectivity index (χ3v) is 3.28. The van der Waals surface area contributed by atoms with Crippen LogP contribution in [0.25, 0.3) is 0 Å². The molecule has 0 radical (unpaired) electrons. The first-order chi connectivity index (χ1) is 9.79. The fourth-order valence-corrected chi connectivity index (χ4v) is 2.06. The van der Waals surface area contributed by atoms with Crippen LogP contribution in [0.4, 0.5) is 0 Å². The van der Waals surface area contributed by atoms with Crippen molar-refractivity contribution in [1.29, 1.82) is 0 Å². The molecule has 1 aromatic carbocycles. The second kappa shape index (κ2) is 7.69. The van der Waals surface area contributed by atoms with Crippen LogP contribution in [0.3, 0.4) is 0 Å². The highest BCUT2D eigenvalue weighted by Gasteiger charge is 2.12. The summed E-state index contributed by atoms with van der Waals surface area (Å²) in [6, 6.07) is 6.93. The van der Waals surface area contributed by atoms with Gasteiger partial charge >= 0.3 is 11.9 Å². The van der Waals surface area contributed by atoms with E-state index in [1.165, 1.54) is 11.8 Å². The van der Waals surface area contributed by atoms with Crippen molar-refractivity contribution in [3.63, 3.8) is 0 Å². The van der Waals surface area contributed by atoms with Crippen molar-refractivity contribution in [1.82, 2.24) is 0 Å². The molecule has 1 rings (SSSR count). The molecule has 0 aliphatic rings. The van der Waals surface area contributed by atoms with Gasteiger partial charge in [-0.3, -0.25) is 0 Å². The van der Waals surface area contributed by atoms with E-state index < -0.39 is 11.9 Å². The van der Waals surface area contributed by atoms with Gasteiger partial charge in [-0.15, -0.1) is 0 Å². The highest BCUT2D eigenvalue weighted by Crippen LogP contribution is 2.26. The van der Waals surface area contributed by atoms with Crippen LogP contribution < -0.4 is 4.74 Å². The topological polar surface area (TPSA) is 52.6 Å². The molecule has 0 N–H and O–H groups in total. The summed E-state index contributed by atoms with van der Waals surface area (Å²) in [4.78, 5) is 23.6. The van der Waals surface area contributed by atoms with Crippen LogP contribution >= 0.6 is 11.8 Å². The maximum absolute atomic E-state index is 11.4. The van der Waals surface area contributed by atoms with Crippen molar-refractivity contribution in [3.05, 3.63) is 48.6 Å². The van der Waals surface area contributed by atoms with Crippen LogP contribution in [0.1, 0.15) is 20.8 Å². The second-order valence-electron chi connectivity index (χ2n) is 4.51. The Hall–Kier alpha value is -2.01. The van der Waals surface area contributed by atoms with Gasteiger partial charge in [-0.1, -0.05) is 24.9 Å². The minimum atomic E-state index is -0.459. The van der Waals surface area contributed by atoms with Crippen molar-refractivity contribution >= 4 is 23.7 Å². The minimum absolute atomic E-state index is 0.335. The number of ether oxygens (including phenoxy) is 2. The molecule has 0 aliphatic heterocycles. The first kappa shape index (κ1) is 17.0. The molecule has 0 aromatic heterocycles. The Labute approximate surface area is 128 Å². The zero-order valence-corrected chi connectivity index (χ0v) is 13.2. The third-order valence-electron chi connectivity index (χ3n) is 2.31. The second-order valence-corrected chi connectivity index (χ2v) is 5.88. The Kier molecular flexibility index (Phi) is 6.24. The molecule has 112 valence electrons. The predicted molar refractivity (Wildman–Crippen MR) is 83.1 cm³/mol. The third kappa shape index (κ3) is 5.87. The van der Waals surface area contributed by atoms with Crippen molar-refractivity contribution < 1.29 is 19.1 Å². The molecule has 0 fully saturated rings. The maximum Gasteiger partial charge on any atom is 0.338 e. The van der Waals surface area contributed by atoms with Gasteiger partial charge in [0.1, 0.15) is 11.2 Å². The Morgan fingerprint density at radius 3 is 2.05 bits per heavy atom. The van der Waals surface area contributed by atoms with Crippen LogP contribution in [0.2, 0.25) is 0 Å². The zero-order chi connectivity index (χ0) is 16.0. The lowest BCUT2D eigenvalue weighted by Crippen LogP contribution is -2.11. The molecule has 0 heterocycles. The summed E-state index contributed by atoms with van der Waals surface area (Å²) < 4.78 is 10.3. The van der Waals surface area contributed by atoms with Crippen LogP contribution in [-0.4, -0.2) is 17.4 Å². The van der Waals surface area contributed by atoms with E-state index in [1.54, 1.807) is 45.0 Å². The van der Waals surface area contributed by atoms with Crippen LogP contribution in [0.15, 0.2) is 53.5 Å². The number of rotatable bonds is 6. The number of hydrogen-bond donors (Lipinski definition) is 0. The van der Waals surface area contributed by atoms with Crippen molar-refractivity contribution in [2.24, 2.45) is 0 Å². The number of thioether (sulfide) groups is 1. The van der Waals surface area contributed by atoms with E-state index in [0.717, 1.165) is 4.90 Å². The standard InChI is InChI=1S/C16H18O4S/c1-10(2)15(17)19-12(5)21-14-8-6-13(7-9-14)20-16(18)11(3)4/h6-9,12H,1,3H2,2,4-5H3. The predicted octanol–water partition coefficient (Wildman–Crippen LogP) is 3.73. The van der Waals surface area contributed by atoms with E-state index in [-0.39, 0.29) is 5.44 Å². The van der Waals surface area contributed by atoms with Crippen LogP contribution in [-0.2, 0) is 14.3 Å². The lowest BCUT2D eigenvalue weighted by Gasteiger charge is -2.13. The number of carbonyl (C=O) groups is 2. The highest BCUT2D eigenvalue weighted by molar-refractivity contribution is 7.99. The van der Waals surface area contributed by atoms with Crippen molar-refractivity contribution in [2.75, 3.05) is 0 Å². The summed E-state index contributed by atoms with van der Waals surface area (Å²) in [5, 5.41) is 0. The van der Waals surface area contributed by atoms with E-state index >= 15 is 0 Å². The number of carbonyl (C=O) groups excluding carboxylic acids is 2. The first-order valence-corrected chi connectivity index (χ1v) is 7.18. The zero-order valence-electron chi connectivity index (χ0n) is 12.3. The number of hydrogen-bond acceptors (Lipinski definition) is 5. The van der Waals surface area contributed by atoms with E-state index in [9.17, 15) is 9.59 Å². The fraction of sp³-hybridized carbons (Fsp3) is 0.250. The van der Waals surface area contributed by atoms with Gasteiger partial charge in [0.15, 0.2) is 0 Å². The monoisotopic (exact) mass is 306 g/mol. The minimum Gasteiger partial charge on any atom is -0.448 e. The Morgan fingerprint density at radius 1 is 1.05 bits per heavy atom. The molecule has 21 heavy (non-hydrogen) atoms. The van der Waals surface area contributed by atoms with Gasteiger partial charge in [0.05, 0.1) is 0 Å². The Bertz CT molecular complexity index is 560. The summed E-state index contributed by atoms with van der Waals surface area (Å²) in [6.07, 6.45) is 0. The summed E-state index contributed by atoms with van der Waals surface area (Å²) in [5.74, 6) is -0.430. The Morgan fingerprint density at radius 2 is 1.57 bits per heavy atom. The summed E-state index contributed by atoms with van der Waals surface area (Å²) in [6.45, 7) is 12.0. The van der Waals surface area contributed by atoms with E-state index in [1.807, 2.05) is 0 Å². The molecule has 1 unspecified atom stereocenters. The molecule has 4 nitrogen and oxygen atoms in total. The number of esters is 2. The van der Waals surface area contributed by atoms with Crippen molar-refractivity contribution in [2.45, 2.75) is 31.1 Å². The molecule has 1 aromatic rings. The quantitative estimate of drug-likeness (QED) is 0.263. The average Bonchev–Trinajstić information content (AvgIpc) is 2.40. The summed E-state index contributed by atoms with van der Waals surface area (Å²) in [5.41, 5.74) is 0.372. The maximum atomic E-state index is 11.4. The van der Waals surface area contributed by atoms with Crippen LogP contribution in [0.5, 0.6) is 5.75 Å². The molecular formula is C16H18O4S. The van der Waals surface area contributed by atoms with Gasteiger partial charge in [0, 0.05) is 16.0 Å². The van der Waals surface area contributed by atoms with Crippen LogP contribution in [0, 0.1) is 0 Å². The largest absolute Gasteiger partial charge is 0.448 e. The smallest absolute Gasteiger partial charge is 0.338 e. The highest BCUT2D eigenvalue weighted by atomic mass is 32.2. The summed E-state index contributed by atoms with van der Waals surface area (Å²) in [7, 11) is 0. The van der Waals surface area contributed by atoms with Gasteiger partial charge in [0.2, 0.25) is 0 Å². The van der Waals surface area contributed by atoms with Gasteiger partial charge in [-0.25, -0.2) is 9.59 Å². The molecular weight excluding hydrogens is 288 g/mol. The SMILES string of the molecule is C=C(C)C(=O)Oc1ccc(SC(C)OC(=O)C(=C)C)cc1. The molecule has 0 saturated carbocycles. The van der Waals surface area contributed by atoms with E-state index in [4.69, 9.17) is 9.47 Å². The molecule has 0 spiro atoms. The van der Waals surface area contributed by atoms with Gasteiger partial charge < -0.3 is 9.47 Å². The molecule has 0 aliphatic carbocycles. The van der Waals surface area contributed by atoms with E-state index in [2.05, 4.69) is 13.2 Å². The fourth-order valence-electron chi connectivity index (χ4n) is 1.25. The van der Waals surface area contributed by atoms with Gasteiger partial charge in [0.25, 0.3) is 0 Å². The lowest BCUT2D eigenvalue weighted by molar-refractivity contribution is -0.139. The van der Waals surface area contributed by atoms with E-state index in [0.29, 0.717) is 16.9 Å². The average molecular weight is 306 g/mol.